The molecule has 0 unspecified atom stereocenters. The first-order valence-corrected chi connectivity index (χ1v) is 6.67. The van der Waals surface area contributed by atoms with Gasteiger partial charge >= 0.3 is 0 Å². The first-order valence-electron chi connectivity index (χ1n) is 6.67. The van der Waals surface area contributed by atoms with Crippen molar-refractivity contribution >= 4 is 22.4 Å². The zero-order valence-electron chi connectivity index (χ0n) is 11.9. The summed E-state index contributed by atoms with van der Waals surface area (Å²) in [6, 6.07) is 14.3. The Kier molecular flexibility index (Phi) is 4.96. The Labute approximate surface area is 119 Å². The first kappa shape index (κ1) is 14.3. The number of nitrogens with zero attached hydrogens (tertiary/aromatic N) is 1. The van der Waals surface area contributed by atoms with E-state index >= 15 is 0 Å². The number of carbonyl (C=O) groups excluding carboxylic acids is 1. The molecule has 20 heavy (non-hydrogen) atoms. The Balaban J connectivity index is 2.07. The number of nitrogens with one attached hydrogen (secondary N) is 1. The highest BCUT2D eigenvalue weighted by atomic mass is 16.5. The van der Waals surface area contributed by atoms with Gasteiger partial charge in [0.25, 0.3) is 0 Å². The molecular formula is C16H20N2O2. The quantitative estimate of drug-likeness (QED) is 0.818. The molecule has 1 N–H and O–H groups in total. The standard InChI is InChI=1S/C16H20N2O2/c1-18(12-16(19)17-10-11-20-2)15-9-5-7-13-6-3-4-8-14(13)15/h3-9H,10-12H2,1-2H3,(H,17,19). The van der Waals surface area contributed by atoms with E-state index in [0.717, 1.165) is 11.1 Å². The van der Waals surface area contributed by atoms with E-state index in [-0.39, 0.29) is 5.91 Å². The van der Waals surface area contributed by atoms with Crippen LogP contribution in [0.3, 0.4) is 0 Å². The van der Waals surface area contributed by atoms with Crippen molar-refractivity contribution in [2.24, 2.45) is 0 Å². The van der Waals surface area contributed by atoms with E-state index in [2.05, 4.69) is 23.5 Å². The molecule has 0 aliphatic heterocycles. The monoisotopic (exact) mass is 272 g/mol. The molecule has 0 aliphatic rings. The van der Waals surface area contributed by atoms with Gasteiger partial charge in [-0.1, -0.05) is 36.4 Å². The largest absolute Gasteiger partial charge is 0.383 e. The second kappa shape index (κ2) is 6.91. The molecule has 2 aromatic rings. The number of fused-ring (bicyclic) bond motifs is 1. The molecule has 0 spiro atoms. The molecule has 1 amide bonds. The summed E-state index contributed by atoms with van der Waals surface area (Å²) in [6.45, 7) is 1.40. The fourth-order valence-corrected chi connectivity index (χ4v) is 2.19. The van der Waals surface area contributed by atoms with E-state index in [9.17, 15) is 4.79 Å². The molecule has 0 aliphatic carbocycles. The van der Waals surface area contributed by atoms with Gasteiger partial charge in [-0.3, -0.25) is 4.79 Å². The van der Waals surface area contributed by atoms with Gasteiger partial charge in [0.1, 0.15) is 0 Å². The van der Waals surface area contributed by atoms with Gasteiger partial charge in [0.15, 0.2) is 0 Å². The molecule has 0 radical (unpaired) electrons. The van der Waals surface area contributed by atoms with Crippen LogP contribution in [0.15, 0.2) is 42.5 Å². The van der Waals surface area contributed by atoms with E-state index in [0.29, 0.717) is 19.7 Å². The minimum absolute atomic E-state index is 0.00233. The van der Waals surface area contributed by atoms with Crippen molar-refractivity contribution in [1.29, 1.82) is 0 Å². The summed E-state index contributed by atoms with van der Waals surface area (Å²) in [6.07, 6.45) is 0. The topological polar surface area (TPSA) is 41.6 Å². The lowest BCUT2D eigenvalue weighted by molar-refractivity contribution is -0.119. The molecule has 2 rings (SSSR count). The maximum absolute atomic E-state index is 11.8. The number of ether oxygens (including phenoxy) is 1. The van der Waals surface area contributed by atoms with Gasteiger partial charge in [-0.15, -0.1) is 0 Å². The van der Waals surface area contributed by atoms with Crippen LogP contribution >= 0.6 is 0 Å². The normalized spacial score (nSPS) is 10.5. The highest BCUT2D eigenvalue weighted by Crippen LogP contribution is 2.25. The van der Waals surface area contributed by atoms with Crippen molar-refractivity contribution in [3.8, 4) is 0 Å². The number of amides is 1. The minimum atomic E-state index is -0.00233. The smallest absolute Gasteiger partial charge is 0.239 e. The van der Waals surface area contributed by atoms with Gasteiger partial charge < -0.3 is 15.0 Å². The van der Waals surface area contributed by atoms with Crippen molar-refractivity contribution in [3.05, 3.63) is 42.5 Å². The third-order valence-corrected chi connectivity index (χ3v) is 3.19. The summed E-state index contributed by atoms with van der Waals surface area (Å²) in [5.41, 5.74) is 1.06. The van der Waals surface area contributed by atoms with Gasteiger partial charge in [0.05, 0.1) is 13.2 Å². The predicted molar refractivity (Wildman–Crippen MR) is 82.1 cm³/mol. The van der Waals surface area contributed by atoms with Crippen LogP contribution in [0, 0.1) is 0 Å². The molecule has 4 nitrogen and oxygen atoms in total. The van der Waals surface area contributed by atoms with Crippen LogP contribution in [0.4, 0.5) is 5.69 Å². The van der Waals surface area contributed by atoms with E-state index in [1.165, 1.54) is 5.39 Å². The number of hydrogen-bond acceptors (Lipinski definition) is 3. The van der Waals surface area contributed by atoms with Crippen LogP contribution in [0.1, 0.15) is 0 Å². The van der Waals surface area contributed by atoms with Gasteiger partial charge in [-0.25, -0.2) is 0 Å². The number of carbonyl (C=O) groups is 1. The Morgan fingerprint density at radius 2 is 1.95 bits per heavy atom. The van der Waals surface area contributed by atoms with Crippen molar-refractivity contribution in [3.63, 3.8) is 0 Å². The summed E-state index contributed by atoms with van der Waals surface area (Å²) < 4.78 is 4.91. The molecule has 0 atom stereocenters. The Morgan fingerprint density at radius 3 is 2.75 bits per heavy atom. The van der Waals surface area contributed by atoms with E-state index in [1.54, 1.807) is 7.11 Å². The maximum atomic E-state index is 11.8. The SMILES string of the molecule is COCCNC(=O)CN(C)c1cccc2ccccc12. The lowest BCUT2D eigenvalue weighted by atomic mass is 10.1. The summed E-state index contributed by atoms with van der Waals surface area (Å²) >= 11 is 0. The van der Waals surface area contributed by atoms with Crippen molar-refractivity contribution in [2.75, 3.05) is 38.8 Å². The predicted octanol–water partition coefficient (Wildman–Crippen LogP) is 2.04. The molecule has 106 valence electrons. The van der Waals surface area contributed by atoms with E-state index < -0.39 is 0 Å². The van der Waals surface area contributed by atoms with Crippen LogP contribution in [0.5, 0.6) is 0 Å². The summed E-state index contributed by atoms with van der Waals surface area (Å²) in [4.78, 5) is 13.8. The van der Waals surface area contributed by atoms with Gasteiger partial charge in [-0.2, -0.15) is 0 Å². The Bertz CT molecular complexity index is 578. The Morgan fingerprint density at radius 1 is 1.20 bits per heavy atom. The molecule has 0 saturated heterocycles. The minimum Gasteiger partial charge on any atom is -0.383 e. The third kappa shape index (κ3) is 3.48. The number of likely N-dealkylation sites (N-methyl/N-ethyl adjacent to an activating group) is 1. The zero-order valence-corrected chi connectivity index (χ0v) is 11.9. The molecule has 4 heteroatoms. The zero-order chi connectivity index (χ0) is 14.4. The first-order chi connectivity index (χ1) is 9.72. The fraction of sp³-hybridized carbons (Fsp3) is 0.312. The number of rotatable bonds is 6. The lowest BCUT2D eigenvalue weighted by Crippen LogP contribution is -2.36. The highest BCUT2D eigenvalue weighted by molar-refractivity contribution is 5.95. The second-order valence-electron chi connectivity index (χ2n) is 4.70. The van der Waals surface area contributed by atoms with E-state index in [4.69, 9.17) is 4.74 Å². The van der Waals surface area contributed by atoms with Gasteiger partial charge in [0.2, 0.25) is 5.91 Å². The maximum Gasteiger partial charge on any atom is 0.239 e. The van der Waals surface area contributed by atoms with Gasteiger partial charge in [-0.05, 0) is 11.5 Å². The third-order valence-electron chi connectivity index (χ3n) is 3.19. The molecule has 0 heterocycles. The van der Waals surface area contributed by atoms with Crippen molar-refractivity contribution in [2.45, 2.75) is 0 Å². The molecular weight excluding hydrogens is 252 g/mol. The lowest BCUT2D eigenvalue weighted by Gasteiger charge is -2.20. The van der Waals surface area contributed by atoms with Crippen LogP contribution in [0.2, 0.25) is 0 Å². The number of methoxy groups -OCH3 is 1. The molecule has 0 aromatic heterocycles. The number of anilines is 1. The van der Waals surface area contributed by atoms with E-state index in [1.807, 2.05) is 36.2 Å². The molecule has 2 aromatic carbocycles. The number of hydrogen-bond donors (Lipinski definition) is 1. The second-order valence-corrected chi connectivity index (χ2v) is 4.70. The van der Waals surface area contributed by atoms with Gasteiger partial charge in [0, 0.05) is 31.8 Å². The Hall–Kier alpha value is -2.07. The highest BCUT2D eigenvalue weighted by Gasteiger charge is 2.09. The van der Waals surface area contributed by atoms with Crippen molar-refractivity contribution in [1.82, 2.24) is 5.32 Å². The van der Waals surface area contributed by atoms with Crippen LogP contribution in [-0.4, -0.2) is 39.8 Å². The average Bonchev–Trinajstić information content (AvgIpc) is 2.47. The molecule has 0 saturated carbocycles. The van der Waals surface area contributed by atoms with Crippen LogP contribution in [-0.2, 0) is 9.53 Å². The summed E-state index contributed by atoms with van der Waals surface area (Å²) in [5.74, 6) is -0.00233. The average molecular weight is 272 g/mol. The van der Waals surface area contributed by atoms with Crippen LogP contribution < -0.4 is 10.2 Å². The fourth-order valence-electron chi connectivity index (χ4n) is 2.19. The number of benzene rings is 2. The summed E-state index contributed by atoms with van der Waals surface area (Å²) in [7, 11) is 3.55. The molecule has 0 fully saturated rings. The van der Waals surface area contributed by atoms with Crippen LogP contribution in [0.25, 0.3) is 10.8 Å². The van der Waals surface area contributed by atoms with Crippen molar-refractivity contribution < 1.29 is 9.53 Å². The summed E-state index contributed by atoms with van der Waals surface area (Å²) in [5, 5.41) is 5.16. The molecule has 0 bridgehead atoms.